The molecular weight excluding hydrogens is 218 g/mol. The van der Waals surface area contributed by atoms with Crippen molar-refractivity contribution in [2.75, 3.05) is 12.8 Å². The Morgan fingerprint density at radius 3 is 2.94 bits per heavy atom. The quantitative estimate of drug-likeness (QED) is 0.796. The SMILES string of the molecule is COc1cc(N)cc(Cn2cnccc2=O)c1. The van der Waals surface area contributed by atoms with E-state index in [1.807, 2.05) is 12.1 Å². The molecule has 1 aromatic heterocycles. The zero-order valence-electron chi connectivity index (χ0n) is 9.46. The van der Waals surface area contributed by atoms with Gasteiger partial charge >= 0.3 is 0 Å². The molecule has 2 aromatic rings. The van der Waals surface area contributed by atoms with Gasteiger partial charge in [0.05, 0.1) is 20.0 Å². The fraction of sp³-hybridized carbons (Fsp3) is 0.167. The van der Waals surface area contributed by atoms with Crippen LogP contribution in [0, 0.1) is 0 Å². The molecule has 1 heterocycles. The molecule has 0 saturated carbocycles. The number of benzene rings is 1. The average molecular weight is 231 g/mol. The van der Waals surface area contributed by atoms with E-state index in [0.29, 0.717) is 18.0 Å². The molecule has 0 aliphatic carbocycles. The Kier molecular flexibility index (Phi) is 3.09. The molecule has 0 unspecified atom stereocenters. The van der Waals surface area contributed by atoms with Crippen molar-refractivity contribution in [1.29, 1.82) is 0 Å². The summed E-state index contributed by atoms with van der Waals surface area (Å²) in [6.45, 7) is 0.425. The lowest BCUT2D eigenvalue weighted by Gasteiger charge is -2.08. The fourth-order valence-electron chi connectivity index (χ4n) is 1.59. The van der Waals surface area contributed by atoms with Crippen LogP contribution in [0.25, 0.3) is 0 Å². The molecule has 0 aliphatic rings. The summed E-state index contributed by atoms with van der Waals surface area (Å²) in [5.74, 6) is 0.678. The summed E-state index contributed by atoms with van der Waals surface area (Å²) in [7, 11) is 1.58. The topological polar surface area (TPSA) is 70.1 Å². The van der Waals surface area contributed by atoms with Crippen molar-refractivity contribution in [3.63, 3.8) is 0 Å². The van der Waals surface area contributed by atoms with Gasteiger partial charge in [-0.25, -0.2) is 4.98 Å². The predicted molar refractivity (Wildman–Crippen MR) is 65.0 cm³/mol. The van der Waals surface area contributed by atoms with Gasteiger partial charge in [-0.3, -0.25) is 9.36 Å². The van der Waals surface area contributed by atoms with Crippen molar-refractivity contribution in [2.45, 2.75) is 6.54 Å². The van der Waals surface area contributed by atoms with Crippen molar-refractivity contribution in [2.24, 2.45) is 0 Å². The Bertz CT molecular complexity index is 578. The molecule has 0 amide bonds. The molecule has 0 atom stereocenters. The minimum Gasteiger partial charge on any atom is -0.497 e. The zero-order valence-corrected chi connectivity index (χ0v) is 9.46. The Labute approximate surface area is 98.5 Å². The van der Waals surface area contributed by atoms with Crippen LogP contribution in [0.5, 0.6) is 5.75 Å². The van der Waals surface area contributed by atoms with E-state index in [9.17, 15) is 4.79 Å². The standard InChI is InChI=1S/C12H13N3O2/c1-17-11-5-9(4-10(13)6-11)7-15-8-14-3-2-12(15)16/h2-6,8H,7,13H2,1H3. The summed E-state index contributed by atoms with van der Waals surface area (Å²) in [6.07, 6.45) is 2.97. The lowest BCUT2D eigenvalue weighted by Crippen LogP contribution is -2.19. The van der Waals surface area contributed by atoms with Crippen LogP contribution in [0.4, 0.5) is 5.69 Å². The Morgan fingerprint density at radius 2 is 2.24 bits per heavy atom. The molecule has 0 fully saturated rings. The van der Waals surface area contributed by atoms with Gasteiger partial charge in [-0.05, 0) is 17.7 Å². The van der Waals surface area contributed by atoms with Crippen LogP contribution in [-0.4, -0.2) is 16.7 Å². The van der Waals surface area contributed by atoms with E-state index in [1.54, 1.807) is 13.2 Å². The van der Waals surface area contributed by atoms with Gasteiger partial charge in [-0.15, -0.1) is 0 Å². The van der Waals surface area contributed by atoms with Crippen molar-refractivity contribution in [3.8, 4) is 5.75 Å². The van der Waals surface area contributed by atoms with Crippen LogP contribution in [0.2, 0.25) is 0 Å². The van der Waals surface area contributed by atoms with Crippen LogP contribution < -0.4 is 16.0 Å². The third-order valence-corrected chi connectivity index (χ3v) is 2.37. The second-order valence-corrected chi connectivity index (χ2v) is 3.66. The molecule has 5 nitrogen and oxygen atoms in total. The monoisotopic (exact) mass is 231 g/mol. The number of rotatable bonds is 3. The number of aromatic nitrogens is 2. The van der Waals surface area contributed by atoms with Crippen LogP contribution >= 0.6 is 0 Å². The van der Waals surface area contributed by atoms with E-state index < -0.39 is 0 Å². The Balaban J connectivity index is 2.33. The van der Waals surface area contributed by atoms with Crippen molar-refractivity contribution < 1.29 is 4.74 Å². The summed E-state index contributed by atoms with van der Waals surface area (Å²) in [4.78, 5) is 15.4. The van der Waals surface area contributed by atoms with Crippen LogP contribution in [0.1, 0.15) is 5.56 Å². The van der Waals surface area contributed by atoms with Gasteiger partial charge in [0.15, 0.2) is 0 Å². The normalized spacial score (nSPS) is 10.2. The molecule has 17 heavy (non-hydrogen) atoms. The van der Waals surface area contributed by atoms with Gasteiger partial charge in [-0.1, -0.05) is 0 Å². The minimum absolute atomic E-state index is 0.0959. The summed E-state index contributed by atoms with van der Waals surface area (Å²) in [5, 5.41) is 0. The summed E-state index contributed by atoms with van der Waals surface area (Å²) >= 11 is 0. The summed E-state index contributed by atoms with van der Waals surface area (Å²) in [5.41, 5.74) is 7.16. The van der Waals surface area contributed by atoms with Crippen molar-refractivity contribution in [3.05, 3.63) is 52.7 Å². The maximum absolute atomic E-state index is 11.5. The lowest BCUT2D eigenvalue weighted by atomic mass is 10.2. The fourth-order valence-corrected chi connectivity index (χ4v) is 1.59. The number of hydrogen-bond acceptors (Lipinski definition) is 4. The molecule has 2 N–H and O–H groups in total. The molecule has 0 aliphatic heterocycles. The second-order valence-electron chi connectivity index (χ2n) is 3.66. The number of anilines is 1. The highest BCUT2D eigenvalue weighted by atomic mass is 16.5. The molecule has 1 aromatic carbocycles. The molecule has 0 radical (unpaired) electrons. The summed E-state index contributed by atoms with van der Waals surface area (Å²) < 4.78 is 6.63. The molecule has 88 valence electrons. The van der Waals surface area contributed by atoms with Crippen LogP contribution in [0.3, 0.4) is 0 Å². The third kappa shape index (κ3) is 2.63. The van der Waals surface area contributed by atoms with Gasteiger partial charge in [0.1, 0.15) is 5.75 Å². The van der Waals surface area contributed by atoms with E-state index in [0.717, 1.165) is 5.56 Å². The lowest BCUT2D eigenvalue weighted by molar-refractivity contribution is 0.414. The van der Waals surface area contributed by atoms with Crippen LogP contribution in [-0.2, 0) is 6.54 Å². The maximum atomic E-state index is 11.5. The van der Waals surface area contributed by atoms with E-state index >= 15 is 0 Å². The molecule has 0 saturated heterocycles. The first kappa shape index (κ1) is 11.2. The highest BCUT2D eigenvalue weighted by molar-refractivity contribution is 5.47. The highest BCUT2D eigenvalue weighted by Gasteiger charge is 2.01. The maximum Gasteiger partial charge on any atom is 0.253 e. The molecule has 2 rings (SSSR count). The van der Waals surface area contributed by atoms with E-state index in [1.165, 1.54) is 23.2 Å². The second kappa shape index (κ2) is 4.69. The minimum atomic E-state index is -0.0959. The zero-order chi connectivity index (χ0) is 12.3. The van der Waals surface area contributed by atoms with Gasteiger partial charge in [0.25, 0.3) is 5.56 Å². The number of nitrogens with two attached hydrogens (primary N) is 1. The number of methoxy groups -OCH3 is 1. The van der Waals surface area contributed by atoms with Crippen molar-refractivity contribution >= 4 is 5.69 Å². The first-order chi connectivity index (χ1) is 8.19. The number of nitrogens with zero attached hydrogens (tertiary/aromatic N) is 2. The molecule has 0 spiro atoms. The number of ether oxygens (including phenoxy) is 1. The molecular formula is C12H13N3O2. The van der Waals surface area contributed by atoms with Crippen molar-refractivity contribution in [1.82, 2.24) is 9.55 Å². The Morgan fingerprint density at radius 1 is 1.41 bits per heavy atom. The number of hydrogen-bond donors (Lipinski definition) is 1. The van der Waals surface area contributed by atoms with E-state index in [4.69, 9.17) is 10.5 Å². The first-order valence-corrected chi connectivity index (χ1v) is 5.13. The highest BCUT2D eigenvalue weighted by Crippen LogP contribution is 2.18. The number of nitrogen functional groups attached to an aromatic ring is 1. The predicted octanol–water partition coefficient (Wildman–Crippen LogP) is 0.882. The smallest absolute Gasteiger partial charge is 0.253 e. The van der Waals surface area contributed by atoms with Gasteiger partial charge in [0, 0.05) is 24.0 Å². The third-order valence-electron chi connectivity index (χ3n) is 2.37. The Hall–Kier alpha value is -2.30. The first-order valence-electron chi connectivity index (χ1n) is 5.13. The van der Waals surface area contributed by atoms with E-state index in [-0.39, 0.29) is 5.56 Å². The van der Waals surface area contributed by atoms with E-state index in [2.05, 4.69) is 4.98 Å². The molecule has 5 heteroatoms. The average Bonchev–Trinajstić information content (AvgIpc) is 2.31. The largest absolute Gasteiger partial charge is 0.497 e. The molecule has 0 bridgehead atoms. The van der Waals surface area contributed by atoms with Crippen LogP contribution in [0.15, 0.2) is 41.6 Å². The van der Waals surface area contributed by atoms with Gasteiger partial charge < -0.3 is 10.5 Å². The van der Waals surface area contributed by atoms with Gasteiger partial charge in [-0.2, -0.15) is 0 Å². The van der Waals surface area contributed by atoms with Gasteiger partial charge in [0.2, 0.25) is 0 Å². The summed E-state index contributed by atoms with van der Waals surface area (Å²) in [6, 6.07) is 6.80.